The van der Waals surface area contributed by atoms with Gasteiger partial charge in [-0.05, 0) is 33.3 Å². The first-order chi connectivity index (χ1) is 13.5. The highest BCUT2D eigenvalue weighted by Crippen LogP contribution is 2.17. The molecule has 8 nitrogen and oxygen atoms in total. The fourth-order valence-corrected chi connectivity index (χ4v) is 3.41. The van der Waals surface area contributed by atoms with Crippen LogP contribution in [0.3, 0.4) is 0 Å². The second kappa shape index (κ2) is 9.78. The van der Waals surface area contributed by atoms with Crippen molar-refractivity contribution in [2.75, 3.05) is 5.75 Å². The Morgan fingerprint density at radius 3 is 2.28 bits per heavy atom. The van der Waals surface area contributed by atoms with Crippen LogP contribution in [0, 0.1) is 6.92 Å². The van der Waals surface area contributed by atoms with Gasteiger partial charge in [0.05, 0.1) is 0 Å². The zero-order chi connectivity index (χ0) is 21.6. The fourth-order valence-electron chi connectivity index (χ4n) is 2.41. The Kier molecular flexibility index (Phi) is 7.66. The summed E-state index contributed by atoms with van der Waals surface area (Å²) < 4.78 is 5.19. The van der Waals surface area contributed by atoms with Crippen molar-refractivity contribution in [1.82, 2.24) is 10.4 Å². The van der Waals surface area contributed by atoms with Crippen LogP contribution in [0.1, 0.15) is 44.7 Å². The van der Waals surface area contributed by atoms with E-state index in [9.17, 15) is 19.2 Å². The molecule has 1 heterocycles. The number of alkyl carbamates (subject to hydrolysis) is 1. The zero-order valence-corrected chi connectivity index (χ0v) is 17.8. The average molecular weight is 423 g/mol. The number of aryl methyl sites for hydroxylation is 1. The molecule has 1 N–H and O–H groups in total. The molecule has 0 unspecified atom stereocenters. The van der Waals surface area contributed by atoms with Crippen molar-refractivity contribution in [1.29, 1.82) is 0 Å². The third kappa shape index (κ3) is 7.41. The number of thioether (sulfide) groups is 1. The Morgan fingerprint density at radius 1 is 1.14 bits per heavy atom. The van der Waals surface area contributed by atoms with E-state index in [0.29, 0.717) is 10.8 Å². The lowest BCUT2D eigenvalue weighted by Gasteiger charge is -2.23. The molecule has 0 radical (unpaired) electrons. The van der Waals surface area contributed by atoms with Crippen LogP contribution in [0.2, 0.25) is 0 Å². The summed E-state index contributed by atoms with van der Waals surface area (Å²) in [7, 11) is 0. The number of nitrogens with one attached hydrogen (secondary N) is 1. The molecule has 0 saturated carbocycles. The molecule has 0 bridgehead atoms. The predicted molar refractivity (Wildman–Crippen MR) is 108 cm³/mol. The molecule has 1 fully saturated rings. The standard InChI is InChI=1S/C20H26N2O6S/c1-13-5-7-14(8-6-13)11-29-12-15(21-19(26)27-20(2,3)4)18(25)28-22-16(23)9-10-17(22)24/h5-8,15H,9-12H2,1-4H3,(H,21,26)/t15-/m1/s1. The number of rotatable bonds is 7. The Morgan fingerprint density at radius 2 is 1.72 bits per heavy atom. The zero-order valence-electron chi connectivity index (χ0n) is 17.0. The third-order valence-electron chi connectivity index (χ3n) is 3.84. The van der Waals surface area contributed by atoms with Crippen LogP contribution >= 0.6 is 11.8 Å². The number of imide groups is 1. The van der Waals surface area contributed by atoms with Crippen LogP contribution in [-0.2, 0) is 29.7 Å². The molecule has 29 heavy (non-hydrogen) atoms. The van der Waals surface area contributed by atoms with E-state index in [1.807, 2.05) is 31.2 Å². The summed E-state index contributed by atoms with van der Waals surface area (Å²) in [4.78, 5) is 53.0. The Labute approximate surface area is 174 Å². The predicted octanol–water partition coefficient (Wildman–Crippen LogP) is 2.73. The van der Waals surface area contributed by atoms with Crippen molar-refractivity contribution in [3.63, 3.8) is 0 Å². The van der Waals surface area contributed by atoms with E-state index in [2.05, 4.69) is 5.32 Å². The number of benzene rings is 1. The highest BCUT2D eigenvalue weighted by atomic mass is 32.2. The average Bonchev–Trinajstić information content (AvgIpc) is 2.93. The summed E-state index contributed by atoms with van der Waals surface area (Å²) in [6.07, 6.45) is -0.786. The van der Waals surface area contributed by atoms with Gasteiger partial charge in [0.15, 0.2) is 0 Å². The summed E-state index contributed by atoms with van der Waals surface area (Å²) in [5, 5.41) is 2.94. The number of amides is 3. The first kappa shape index (κ1) is 22.7. The topological polar surface area (TPSA) is 102 Å². The van der Waals surface area contributed by atoms with Gasteiger partial charge in [0.1, 0.15) is 11.6 Å². The molecule has 0 aliphatic carbocycles. The van der Waals surface area contributed by atoms with Gasteiger partial charge in [-0.25, -0.2) is 9.59 Å². The second-order valence-electron chi connectivity index (χ2n) is 7.69. The minimum Gasteiger partial charge on any atom is -0.444 e. The van der Waals surface area contributed by atoms with Crippen LogP contribution in [-0.4, -0.2) is 46.3 Å². The number of ether oxygens (including phenoxy) is 1. The summed E-state index contributed by atoms with van der Waals surface area (Å²) in [6, 6.07) is 6.87. The number of carbonyl (C=O) groups excluding carboxylic acids is 4. The van der Waals surface area contributed by atoms with E-state index < -0.39 is 35.5 Å². The summed E-state index contributed by atoms with van der Waals surface area (Å²) in [6.45, 7) is 7.10. The molecule has 1 saturated heterocycles. The molecule has 1 aliphatic rings. The molecule has 1 aliphatic heterocycles. The van der Waals surface area contributed by atoms with Gasteiger partial charge in [-0.15, -0.1) is 5.06 Å². The van der Waals surface area contributed by atoms with Gasteiger partial charge in [-0.3, -0.25) is 9.59 Å². The highest BCUT2D eigenvalue weighted by Gasteiger charge is 2.35. The van der Waals surface area contributed by atoms with E-state index in [-0.39, 0.29) is 18.6 Å². The largest absolute Gasteiger partial charge is 0.444 e. The molecule has 158 valence electrons. The maximum Gasteiger partial charge on any atom is 0.408 e. The number of carbonyl (C=O) groups is 4. The van der Waals surface area contributed by atoms with Crippen LogP contribution in [0.5, 0.6) is 0 Å². The lowest BCUT2D eigenvalue weighted by Crippen LogP contribution is -2.48. The summed E-state index contributed by atoms with van der Waals surface area (Å²) >= 11 is 1.41. The van der Waals surface area contributed by atoms with Gasteiger partial charge in [-0.2, -0.15) is 11.8 Å². The maximum absolute atomic E-state index is 12.5. The van der Waals surface area contributed by atoms with E-state index in [0.717, 1.165) is 11.1 Å². The van der Waals surface area contributed by atoms with Crippen molar-refractivity contribution in [2.24, 2.45) is 0 Å². The van der Waals surface area contributed by atoms with E-state index in [1.54, 1.807) is 20.8 Å². The van der Waals surface area contributed by atoms with Crippen molar-refractivity contribution in [2.45, 2.75) is 57.9 Å². The monoisotopic (exact) mass is 422 g/mol. The van der Waals surface area contributed by atoms with Crippen LogP contribution in [0.4, 0.5) is 4.79 Å². The molecule has 1 atom stereocenters. The highest BCUT2D eigenvalue weighted by molar-refractivity contribution is 7.98. The minimum absolute atomic E-state index is 0.00154. The number of hydrogen-bond acceptors (Lipinski definition) is 7. The van der Waals surface area contributed by atoms with Gasteiger partial charge in [0, 0.05) is 24.3 Å². The number of nitrogens with zero attached hydrogens (tertiary/aromatic N) is 1. The molecule has 0 aromatic heterocycles. The van der Waals surface area contributed by atoms with E-state index in [4.69, 9.17) is 9.57 Å². The molecule has 1 aromatic carbocycles. The summed E-state index contributed by atoms with van der Waals surface area (Å²) in [5.41, 5.74) is 1.47. The number of hydrogen-bond donors (Lipinski definition) is 1. The smallest absolute Gasteiger partial charge is 0.408 e. The van der Waals surface area contributed by atoms with E-state index in [1.165, 1.54) is 11.8 Å². The van der Waals surface area contributed by atoms with Gasteiger partial charge in [0.25, 0.3) is 11.8 Å². The summed E-state index contributed by atoms with van der Waals surface area (Å²) in [5.74, 6) is -1.25. The lowest BCUT2D eigenvalue weighted by atomic mass is 10.2. The molecule has 9 heteroatoms. The Hall–Kier alpha value is -2.55. The number of hydroxylamine groups is 2. The second-order valence-corrected chi connectivity index (χ2v) is 8.72. The molecule has 0 spiro atoms. The Bertz CT molecular complexity index is 756. The SMILES string of the molecule is Cc1ccc(CSC[C@@H](NC(=O)OC(C)(C)C)C(=O)ON2C(=O)CCC2=O)cc1. The molecular formula is C20H26N2O6S. The Balaban J connectivity index is 2.00. The van der Waals surface area contributed by atoms with Crippen molar-refractivity contribution in [3.8, 4) is 0 Å². The van der Waals surface area contributed by atoms with Crippen LogP contribution in [0.25, 0.3) is 0 Å². The first-order valence-corrected chi connectivity index (χ1v) is 10.4. The quantitative estimate of drug-likeness (QED) is 0.674. The molecular weight excluding hydrogens is 396 g/mol. The van der Waals surface area contributed by atoms with Crippen LogP contribution < -0.4 is 5.32 Å². The maximum atomic E-state index is 12.5. The van der Waals surface area contributed by atoms with Crippen molar-refractivity contribution in [3.05, 3.63) is 35.4 Å². The first-order valence-electron chi connectivity index (χ1n) is 9.25. The van der Waals surface area contributed by atoms with Crippen molar-refractivity contribution < 1.29 is 28.8 Å². The normalized spacial score (nSPS) is 15.2. The van der Waals surface area contributed by atoms with Gasteiger partial charge < -0.3 is 14.9 Å². The molecule has 3 amide bonds. The van der Waals surface area contributed by atoms with Crippen molar-refractivity contribution >= 4 is 35.6 Å². The van der Waals surface area contributed by atoms with Crippen LogP contribution in [0.15, 0.2) is 24.3 Å². The lowest BCUT2D eigenvalue weighted by molar-refractivity contribution is -0.198. The molecule has 1 aromatic rings. The van der Waals surface area contributed by atoms with Gasteiger partial charge in [0.2, 0.25) is 0 Å². The molecule has 2 rings (SSSR count). The van der Waals surface area contributed by atoms with E-state index >= 15 is 0 Å². The minimum atomic E-state index is -1.08. The van der Waals surface area contributed by atoms with Gasteiger partial charge in [-0.1, -0.05) is 29.8 Å². The third-order valence-corrected chi connectivity index (χ3v) is 4.94. The van der Waals surface area contributed by atoms with Gasteiger partial charge >= 0.3 is 12.1 Å². The fraction of sp³-hybridized carbons (Fsp3) is 0.500.